The Balaban J connectivity index is 2.40. The number of rotatable bonds is 16. The molecule has 0 aliphatic carbocycles. The van der Waals surface area contributed by atoms with Crippen molar-refractivity contribution in [3.63, 3.8) is 0 Å². The molecule has 208 valence electrons. The van der Waals surface area contributed by atoms with Crippen molar-refractivity contribution in [3.05, 3.63) is 90.5 Å². The Hall–Kier alpha value is -2.55. The zero-order valence-corrected chi connectivity index (χ0v) is 24.7. The fourth-order valence-corrected chi connectivity index (χ4v) is 4.77. The van der Waals surface area contributed by atoms with Crippen LogP contribution < -0.4 is 0 Å². The van der Waals surface area contributed by atoms with Crippen LogP contribution in [-0.2, 0) is 28.2 Å². The Morgan fingerprint density at radius 3 is 2.21 bits per heavy atom. The third-order valence-electron chi connectivity index (χ3n) is 6.67. The van der Waals surface area contributed by atoms with Crippen molar-refractivity contribution >= 4 is 20.4 Å². The van der Waals surface area contributed by atoms with Gasteiger partial charge in [0, 0.05) is 19.6 Å². The number of hydrogen-bond donors (Lipinski definition) is 0. The van der Waals surface area contributed by atoms with Gasteiger partial charge in [0.1, 0.15) is 25.1 Å². The van der Waals surface area contributed by atoms with Crippen LogP contribution in [0, 0.1) is 0 Å². The number of ether oxygens (including phenoxy) is 4. The van der Waals surface area contributed by atoms with Crippen LogP contribution in [0.25, 0.3) is 6.08 Å². The van der Waals surface area contributed by atoms with Crippen LogP contribution in [0.1, 0.15) is 44.4 Å². The van der Waals surface area contributed by atoms with E-state index < -0.39 is 32.6 Å². The van der Waals surface area contributed by atoms with E-state index in [0.29, 0.717) is 19.6 Å². The molecule has 0 bridgehead atoms. The molecule has 0 saturated carbocycles. The lowest BCUT2D eigenvalue weighted by Gasteiger charge is -2.42. The molecule has 2 aromatic carbocycles. The van der Waals surface area contributed by atoms with Crippen molar-refractivity contribution < 1.29 is 28.2 Å². The molecular weight excluding hydrogens is 496 g/mol. The number of benzene rings is 2. The van der Waals surface area contributed by atoms with E-state index in [1.807, 2.05) is 60.7 Å². The van der Waals surface area contributed by atoms with Gasteiger partial charge in [-0.1, -0.05) is 87.5 Å². The van der Waals surface area contributed by atoms with Crippen LogP contribution >= 0.6 is 0 Å². The van der Waals surface area contributed by atoms with E-state index in [9.17, 15) is 4.79 Å². The molecule has 0 heterocycles. The summed E-state index contributed by atoms with van der Waals surface area (Å²) >= 11 is 0. The Kier molecular flexibility index (Phi) is 13.1. The van der Waals surface area contributed by atoms with E-state index in [0.717, 1.165) is 11.1 Å². The van der Waals surface area contributed by atoms with Gasteiger partial charge in [-0.15, -0.1) is 6.58 Å². The van der Waals surface area contributed by atoms with E-state index >= 15 is 0 Å². The Morgan fingerprint density at radius 2 is 1.63 bits per heavy atom. The maximum absolute atomic E-state index is 12.9. The summed E-state index contributed by atoms with van der Waals surface area (Å²) in [5.74, 6) is -0.464. The van der Waals surface area contributed by atoms with Crippen molar-refractivity contribution in [3.8, 4) is 0 Å². The molecule has 0 amide bonds. The molecule has 0 unspecified atom stereocenters. The predicted octanol–water partition coefficient (Wildman–Crippen LogP) is 6.96. The van der Waals surface area contributed by atoms with Crippen LogP contribution in [0.3, 0.4) is 0 Å². The normalized spacial score (nSPS) is 14.7. The zero-order chi connectivity index (χ0) is 28.0. The van der Waals surface area contributed by atoms with E-state index in [-0.39, 0.29) is 11.8 Å². The van der Waals surface area contributed by atoms with Gasteiger partial charge in [0.2, 0.25) is 0 Å². The molecule has 0 saturated heterocycles. The van der Waals surface area contributed by atoms with Gasteiger partial charge in [0.25, 0.3) is 0 Å². The molecule has 0 spiro atoms. The molecule has 2 aromatic rings. The first-order chi connectivity index (χ1) is 18.1. The second-order valence-electron chi connectivity index (χ2n) is 10.6. The fraction of sp³-hybridized carbons (Fsp3) is 0.452. The van der Waals surface area contributed by atoms with Crippen LogP contribution in [-0.4, -0.2) is 53.6 Å². The summed E-state index contributed by atoms with van der Waals surface area (Å²) in [5, 5.41) is -0.0391. The molecule has 0 fully saturated rings. The highest BCUT2D eigenvalue weighted by Gasteiger charge is 2.43. The molecule has 3 atom stereocenters. The molecule has 0 aromatic heterocycles. The molecular formula is C31H44O6Si. The summed E-state index contributed by atoms with van der Waals surface area (Å²) < 4.78 is 30.0. The van der Waals surface area contributed by atoms with Gasteiger partial charge in [-0.3, -0.25) is 0 Å². The molecule has 0 aliphatic heterocycles. The third-order valence-corrected chi connectivity index (χ3v) is 11.1. The first-order valence-electron chi connectivity index (χ1n) is 13.0. The minimum atomic E-state index is -2.26. The number of hydrogen-bond acceptors (Lipinski definition) is 6. The number of esters is 1. The van der Waals surface area contributed by atoms with Gasteiger partial charge < -0.3 is 23.4 Å². The van der Waals surface area contributed by atoms with E-state index in [1.165, 1.54) is 6.08 Å². The summed E-state index contributed by atoms with van der Waals surface area (Å²) in [4.78, 5) is 12.9. The zero-order valence-electron chi connectivity index (χ0n) is 23.7. The molecule has 0 N–H and O–H groups in total. The third kappa shape index (κ3) is 10.3. The van der Waals surface area contributed by atoms with Gasteiger partial charge >= 0.3 is 5.97 Å². The molecule has 0 aliphatic rings. The smallest absolute Gasteiger partial charge is 0.331 e. The average Bonchev–Trinajstić information content (AvgIpc) is 2.89. The van der Waals surface area contributed by atoms with Crippen molar-refractivity contribution in [2.24, 2.45) is 0 Å². The lowest BCUT2D eigenvalue weighted by atomic mass is 9.98. The maximum Gasteiger partial charge on any atom is 0.331 e. The minimum Gasteiger partial charge on any atom is -0.456 e. The van der Waals surface area contributed by atoms with Gasteiger partial charge in [-0.25, -0.2) is 4.79 Å². The second kappa shape index (κ2) is 15.8. The highest BCUT2D eigenvalue weighted by molar-refractivity contribution is 6.74. The highest BCUT2D eigenvalue weighted by Crippen LogP contribution is 2.42. The standard InChI is InChI=1S/C31H44O6Si/c1-8-15-27(36-28(32)21-20-25-16-11-9-12-17-25)30(35-24-34-23-22-33-5)29(26-18-13-10-14-19-26)37-38(6,7)31(2,3)4/h8-14,16-21,27,29-30H,1,15,22-24H2,2-7H3/b21-20+/t27-,29-,30+/m1/s1. The Labute approximate surface area is 229 Å². The lowest BCUT2D eigenvalue weighted by Crippen LogP contribution is -2.47. The number of methoxy groups -OCH3 is 1. The second-order valence-corrected chi connectivity index (χ2v) is 15.4. The van der Waals surface area contributed by atoms with Gasteiger partial charge in [0.05, 0.1) is 13.2 Å². The molecule has 6 nitrogen and oxygen atoms in total. The average molecular weight is 541 g/mol. The number of carbonyl (C=O) groups excluding carboxylic acids is 1. The SMILES string of the molecule is C=CC[C@@H](OC(=O)/C=C/c1ccccc1)[C@H](OCOCCOC)[C@H](O[Si](C)(C)C(C)(C)C)c1ccccc1. The summed E-state index contributed by atoms with van der Waals surface area (Å²) in [6, 6.07) is 19.6. The topological polar surface area (TPSA) is 63.2 Å². The monoisotopic (exact) mass is 540 g/mol. The van der Waals surface area contributed by atoms with Crippen molar-refractivity contribution in [1.82, 2.24) is 0 Å². The van der Waals surface area contributed by atoms with Gasteiger partial charge in [0.15, 0.2) is 8.32 Å². The van der Waals surface area contributed by atoms with Crippen LogP contribution in [0.5, 0.6) is 0 Å². The summed E-state index contributed by atoms with van der Waals surface area (Å²) in [7, 11) is -0.644. The van der Waals surface area contributed by atoms with Gasteiger partial charge in [-0.2, -0.15) is 0 Å². The van der Waals surface area contributed by atoms with Gasteiger partial charge in [-0.05, 0) is 35.3 Å². The highest BCUT2D eigenvalue weighted by atomic mass is 28.4. The summed E-state index contributed by atoms with van der Waals surface area (Å²) in [6.07, 6.45) is 3.51. The van der Waals surface area contributed by atoms with Crippen LogP contribution in [0.2, 0.25) is 18.1 Å². The Bertz CT molecular complexity index is 984. The molecule has 7 heteroatoms. The number of carbonyl (C=O) groups is 1. The van der Waals surface area contributed by atoms with E-state index in [4.69, 9.17) is 23.4 Å². The predicted molar refractivity (Wildman–Crippen MR) is 155 cm³/mol. The van der Waals surface area contributed by atoms with Crippen molar-refractivity contribution in [1.29, 1.82) is 0 Å². The molecule has 38 heavy (non-hydrogen) atoms. The molecule has 2 rings (SSSR count). The lowest BCUT2D eigenvalue weighted by molar-refractivity contribution is -0.179. The van der Waals surface area contributed by atoms with Crippen molar-refractivity contribution in [2.45, 2.75) is 63.6 Å². The Morgan fingerprint density at radius 1 is 1.00 bits per heavy atom. The van der Waals surface area contributed by atoms with E-state index in [1.54, 1.807) is 19.3 Å². The minimum absolute atomic E-state index is 0.00324. The first-order valence-corrected chi connectivity index (χ1v) is 16.0. The molecule has 0 radical (unpaired) electrons. The van der Waals surface area contributed by atoms with E-state index in [2.05, 4.69) is 40.4 Å². The summed E-state index contributed by atoms with van der Waals surface area (Å²) in [5.41, 5.74) is 1.86. The largest absolute Gasteiger partial charge is 0.456 e. The quantitative estimate of drug-likeness (QED) is 0.0573. The van der Waals surface area contributed by atoms with Crippen LogP contribution in [0.4, 0.5) is 0 Å². The van der Waals surface area contributed by atoms with Crippen molar-refractivity contribution in [2.75, 3.05) is 27.1 Å². The first kappa shape index (κ1) is 31.7. The van der Waals surface area contributed by atoms with Crippen LogP contribution in [0.15, 0.2) is 79.4 Å². The fourth-order valence-electron chi connectivity index (χ4n) is 3.51. The summed E-state index contributed by atoms with van der Waals surface area (Å²) in [6.45, 7) is 15.7. The maximum atomic E-state index is 12.9.